The van der Waals surface area contributed by atoms with Crippen LogP contribution in [-0.2, 0) is 4.79 Å². The van der Waals surface area contributed by atoms with Crippen molar-refractivity contribution in [2.75, 3.05) is 6.54 Å². The third-order valence-electron chi connectivity index (χ3n) is 2.70. The molecule has 17 heavy (non-hydrogen) atoms. The molecule has 92 valence electrons. The van der Waals surface area contributed by atoms with Crippen LogP contribution in [0.4, 0.5) is 0 Å². The van der Waals surface area contributed by atoms with Gasteiger partial charge in [-0.05, 0) is 36.9 Å². The van der Waals surface area contributed by atoms with Crippen LogP contribution in [0.25, 0.3) is 0 Å². The van der Waals surface area contributed by atoms with Gasteiger partial charge < -0.3 is 15.1 Å². The molecule has 1 aliphatic rings. The van der Waals surface area contributed by atoms with E-state index in [4.69, 9.17) is 16.0 Å². The lowest BCUT2D eigenvalue weighted by Crippen LogP contribution is -2.45. The standard InChI is InChI=1S/C11H13ClN2O3/c12-9-7(4-6-17-9)10(15)14-8-3-1-2-5-13-11(8)16/h4,6,8H,1-3,5H2,(H,13,16)(H,14,15). The lowest BCUT2D eigenvalue weighted by molar-refractivity contribution is -0.122. The van der Waals surface area contributed by atoms with Crippen LogP contribution >= 0.6 is 11.6 Å². The minimum absolute atomic E-state index is 0.0385. The third kappa shape index (κ3) is 2.79. The number of nitrogens with one attached hydrogen (secondary N) is 2. The molecule has 2 N–H and O–H groups in total. The van der Waals surface area contributed by atoms with E-state index in [-0.39, 0.29) is 22.6 Å². The van der Waals surface area contributed by atoms with Crippen molar-refractivity contribution in [3.63, 3.8) is 0 Å². The second-order valence-electron chi connectivity index (χ2n) is 3.92. The maximum atomic E-state index is 11.8. The van der Waals surface area contributed by atoms with Crippen molar-refractivity contribution < 1.29 is 14.0 Å². The fourth-order valence-corrected chi connectivity index (χ4v) is 1.97. The number of carbonyl (C=O) groups excluding carboxylic acids is 2. The van der Waals surface area contributed by atoms with Gasteiger partial charge in [-0.2, -0.15) is 0 Å². The highest BCUT2D eigenvalue weighted by Crippen LogP contribution is 2.17. The summed E-state index contributed by atoms with van der Waals surface area (Å²) in [6, 6.07) is 0.989. The van der Waals surface area contributed by atoms with Crippen molar-refractivity contribution in [3.8, 4) is 0 Å². The fourth-order valence-electron chi connectivity index (χ4n) is 1.77. The van der Waals surface area contributed by atoms with Gasteiger partial charge >= 0.3 is 0 Å². The first-order chi connectivity index (χ1) is 8.18. The Morgan fingerprint density at radius 1 is 1.53 bits per heavy atom. The van der Waals surface area contributed by atoms with E-state index in [0.717, 1.165) is 12.8 Å². The monoisotopic (exact) mass is 256 g/mol. The Bertz CT molecular complexity index is 430. The van der Waals surface area contributed by atoms with Crippen molar-refractivity contribution in [2.45, 2.75) is 25.3 Å². The molecular weight excluding hydrogens is 244 g/mol. The number of hydrogen-bond donors (Lipinski definition) is 2. The maximum absolute atomic E-state index is 11.8. The molecule has 1 saturated heterocycles. The number of halogens is 1. The van der Waals surface area contributed by atoms with E-state index in [1.165, 1.54) is 12.3 Å². The second-order valence-corrected chi connectivity index (χ2v) is 4.26. The molecular formula is C11H13ClN2O3. The van der Waals surface area contributed by atoms with Crippen LogP contribution in [-0.4, -0.2) is 24.4 Å². The van der Waals surface area contributed by atoms with Gasteiger partial charge in [0.2, 0.25) is 11.1 Å². The molecule has 1 aromatic heterocycles. The molecule has 0 spiro atoms. The van der Waals surface area contributed by atoms with E-state index in [2.05, 4.69) is 10.6 Å². The number of carbonyl (C=O) groups is 2. The van der Waals surface area contributed by atoms with Gasteiger partial charge in [-0.1, -0.05) is 0 Å². The molecule has 2 amide bonds. The Balaban J connectivity index is 2.02. The molecule has 0 aliphatic carbocycles. The topological polar surface area (TPSA) is 71.3 Å². The first-order valence-corrected chi connectivity index (χ1v) is 5.88. The molecule has 1 fully saturated rings. The van der Waals surface area contributed by atoms with Gasteiger partial charge in [-0.3, -0.25) is 9.59 Å². The summed E-state index contributed by atoms with van der Waals surface area (Å²) >= 11 is 5.69. The second kappa shape index (κ2) is 5.23. The van der Waals surface area contributed by atoms with Crippen molar-refractivity contribution in [2.24, 2.45) is 0 Å². The fraction of sp³-hybridized carbons (Fsp3) is 0.455. The molecule has 0 aromatic carbocycles. The van der Waals surface area contributed by atoms with E-state index in [0.29, 0.717) is 13.0 Å². The number of rotatable bonds is 2. The van der Waals surface area contributed by atoms with Crippen molar-refractivity contribution in [1.29, 1.82) is 0 Å². The quantitative estimate of drug-likeness (QED) is 0.839. The first kappa shape index (κ1) is 12.0. The van der Waals surface area contributed by atoms with Crippen LogP contribution in [0, 0.1) is 0 Å². The largest absolute Gasteiger partial charge is 0.452 e. The van der Waals surface area contributed by atoms with Gasteiger partial charge in [0.1, 0.15) is 6.04 Å². The summed E-state index contributed by atoms with van der Waals surface area (Å²) in [5, 5.41) is 5.44. The Morgan fingerprint density at radius 3 is 3.06 bits per heavy atom. The smallest absolute Gasteiger partial charge is 0.256 e. The molecule has 6 heteroatoms. The Labute approximate surface area is 104 Å². The minimum atomic E-state index is -0.490. The highest BCUT2D eigenvalue weighted by molar-refractivity contribution is 6.32. The van der Waals surface area contributed by atoms with Crippen LogP contribution in [0.5, 0.6) is 0 Å². The summed E-state index contributed by atoms with van der Waals surface area (Å²) in [6.45, 7) is 0.664. The summed E-state index contributed by atoms with van der Waals surface area (Å²) in [5.74, 6) is -0.527. The van der Waals surface area contributed by atoms with Crippen molar-refractivity contribution in [1.82, 2.24) is 10.6 Å². The molecule has 2 heterocycles. The van der Waals surface area contributed by atoms with Crippen LogP contribution in [0.1, 0.15) is 29.6 Å². The van der Waals surface area contributed by atoms with Gasteiger partial charge in [0.25, 0.3) is 5.91 Å². The average molecular weight is 257 g/mol. The van der Waals surface area contributed by atoms with E-state index >= 15 is 0 Å². The maximum Gasteiger partial charge on any atom is 0.256 e. The highest BCUT2D eigenvalue weighted by atomic mass is 35.5. The van der Waals surface area contributed by atoms with E-state index in [1.54, 1.807) is 0 Å². The van der Waals surface area contributed by atoms with Crippen LogP contribution in [0.2, 0.25) is 5.22 Å². The van der Waals surface area contributed by atoms with Gasteiger partial charge in [-0.15, -0.1) is 0 Å². The molecule has 0 saturated carbocycles. The molecule has 1 aromatic rings. The van der Waals surface area contributed by atoms with Crippen LogP contribution in [0.3, 0.4) is 0 Å². The number of hydrogen-bond acceptors (Lipinski definition) is 3. The third-order valence-corrected chi connectivity index (χ3v) is 3.00. The van der Waals surface area contributed by atoms with Gasteiger partial charge in [0.05, 0.1) is 11.8 Å². The summed E-state index contributed by atoms with van der Waals surface area (Å²) in [4.78, 5) is 23.4. The summed E-state index contributed by atoms with van der Waals surface area (Å²) in [6.07, 6.45) is 3.82. The lowest BCUT2D eigenvalue weighted by Gasteiger charge is -2.14. The summed E-state index contributed by atoms with van der Waals surface area (Å²) in [7, 11) is 0. The molecule has 2 rings (SSSR count). The molecule has 1 atom stereocenters. The lowest BCUT2D eigenvalue weighted by atomic mass is 10.1. The minimum Gasteiger partial charge on any atom is -0.452 e. The predicted molar refractivity (Wildman–Crippen MR) is 61.8 cm³/mol. The zero-order valence-electron chi connectivity index (χ0n) is 9.16. The summed E-state index contributed by atoms with van der Waals surface area (Å²) < 4.78 is 4.83. The highest BCUT2D eigenvalue weighted by Gasteiger charge is 2.24. The molecule has 0 radical (unpaired) electrons. The predicted octanol–water partition coefficient (Wildman–Crippen LogP) is 1.33. The number of furan rings is 1. The normalized spacial score (nSPS) is 20.5. The van der Waals surface area contributed by atoms with Crippen LogP contribution < -0.4 is 10.6 Å². The first-order valence-electron chi connectivity index (χ1n) is 5.50. The van der Waals surface area contributed by atoms with E-state index < -0.39 is 6.04 Å². The molecule has 1 unspecified atom stereocenters. The molecule has 0 bridgehead atoms. The zero-order chi connectivity index (χ0) is 12.3. The van der Waals surface area contributed by atoms with Gasteiger partial charge in [-0.25, -0.2) is 0 Å². The van der Waals surface area contributed by atoms with Gasteiger partial charge in [0.15, 0.2) is 0 Å². The van der Waals surface area contributed by atoms with E-state index in [1.807, 2.05) is 0 Å². The molecule has 5 nitrogen and oxygen atoms in total. The number of amides is 2. The Kier molecular flexibility index (Phi) is 3.68. The SMILES string of the molecule is O=C(NC1CCCCNC1=O)c1ccoc1Cl. The Hall–Kier alpha value is -1.49. The van der Waals surface area contributed by atoms with Gasteiger partial charge in [0, 0.05) is 6.54 Å². The van der Waals surface area contributed by atoms with E-state index in [9.17, 15) is 9.59 Å². The van der Waals surface area contributed by atoms with Crippen LogP contribution in [0.15, 0.2) is 16.7 Å². The Morgan fingerprint density at radius 2 is 2.35 bits per heavy atom. The van der Waals surface area contributed by atoms with Crippen molar-refractivity contribution >= 4 is 23.4 Å². The average Bonchev–Trinajstić information content (AvgIpc) is 2.63. The molecule has 1 aliphatic heterocycles. The van der Waals surface area contributed by atoms with Crippen molar-refractivity contribution in [3.05, 3.63) is 23.1 Å². The summed E-state index contributed by atoms with van der Waals surface area (Å²) in [5.41, 5.74) is 0.253. The zero-order valence-corrected chi connectivity index (χ0v) is 9.92.